The smallest absolute Gasteiger partial charge is 0.335 e. The standard InChI is InChI=1S/C12H13N3O4S/c16-12(17)8-3-4-11-10(6-8)13-14-15(11)7-9-2-1-5-20(9,18)19/h3-4,6,9H,1-2,5,7H2,(H,16,17). The van der Waals surface area contributed by atoms with Gasteiger partial charge in [0.25, 0.3) is 0 Å². The summed E-state index contributed by atoms with van der Waals surface area (Å²) in [7, 11) is -3.04. The van der Waals surface area contributed by atoms with Gasteiger partial charge in [-0.1, -0.05) is 5.21 Å². The van der Waals surface area contributed by atoms with Crippen LogP contribution in [-0.2, 0) is 16.4 Å². The largest absolute Gasteiger partial charge is 0.478 e. The topological polar surface area (TPSA) is 102 Å². The first kappa shape index (κ1) is 13.0. The van der Waals surface area contributed by atoms with Crippen LogP contribution >= 0.6 is 0 Å². The van der Waals surface area contributed by atoms with Crippen molar-refractivity contribution in [3.8, 4) is 0 Å². The number of aromatic nitrogens is 3. The van der Waals surface area contributed by atoms with Gasteiger partial charge in [-0.15, -0.1) is 5.10 Å². The number of hydrogen-bond donors (Lipinski definition) is 1. The summed E-state index contributed by atoms with van der Waals surface area (Å²) in [5.74, 6) is -0.798. The van der Waals surface area contributed by atoms with Gasteiger partial charge in [0.2, 0.25) is 0 Å². The molecule has 1 fully saturated rings. The molecule has 0 spiro atoms. The molecule has 7 nitrogen and oxygen atoms in total. The Labute approximate surface area is 115 Å². The number of sulfone groups is 1. The van der Waals surface area contributed by atoms with E-state index in [0.29, 0.717) is 23.9 Å². The van der Waals surface area contributed by atoms with Crippen molar-refractivity contribution >= 4 is 26.8 Å². The van der Waals surface area contributed by atoms with Crippen molar-refractivity contribution in [2.75, 3.05) is 5.75 Å². The molecule has 0 aliphatic carbocycles. The Kier molecular flexibility index (Phi) is 2.97. The first-order valence-corrected chi connectivity index (χ1v) is 7.97. The Bertz CT molecular complexity index is 781. The quantitative estimate of drug-likeness (QED) is 0.894. The van der Waals surface area contributed by atoms with E-state index in [1.807, 2.05) is 0 Å². The van der Waals surface area contributed by atoms with Gasteiger partial charge >= 0.3 is 5.97 Å². The van der Waals surface area contributed by atoms with Gasteiger partial charge in [-0.3, -0.25) is 0 Å². The lowest BCUT2D eigenvalue weighted by Gasteiger charge is -2.09. The summed E-state index contributed by atoms with van der Waals surface area (Å²) in [4.78, 5) is 10.9. The number of hydrogen-bond acceptors (Lipinski definition) is 5. The third-order valence-electron chi connectivity index (χ3n) is 3.60. The monoisotopic (exact) mass is 295 g/mol. The minimum absolute atomic E-state index is 0.137. The highest BCUT2D eigenvalue weighted by atomic mass is 32.2. The summed E-state index contributed by atoms with van der Waals surface area (Å²) in [6.07, 6.45) is 1.32. The Morgan fingerprint density at radius 2 is 2.25 bits per heavy atom. The van der Waals surface area contributed by atoms with E-state index in [-0.39, 0.29) is 17.9 Å². The number of carboxylic acid groups (broad SMARTS) is 1. The van der Waals surface area contributed by atoms with Gasteiger partial charge in [-0.05, 0) is 31.0 Å². The Morgan fingerprint density at radius 1 is 1.45 bits per heavy atom. The van der Waals surface area contributed by atoms with Crippen molar-refractivity contribution < 1.29 is 18.3 Å². The second-order valence-electron chi connectivity index (χ2n) is 4.91. The van der Waals surface area contributed by atoms with Crippen LogP contribution in [0.2, 0.25) is 0 Å². The molecule has 1 aromatic carbocycles. The van der Waals surface area contributed by atoms with E-state index in [1.165, 1.54) is 16.8 Å². The Morgan fingerprint density at radius 3 is 2.90 bits per heavy atom. The summed E-state index contributed by atoms with van der Waals surface area (Å²) in [5, 5.41) is 16.3. The van der Waals surface area contributed by atoms with E-state index in [2.05, 4.69) is 10.3 Å². The van der Waals surface area contributed by atoms with Crippen LogP contribution in [0.15, 0.2) is 18.2 Å². The van der Waals surface area contributed by atoms with Crippen molar-refractivity contribution in [1.29, 1.82) is 0 Å². The van der Waals surface area contributed by atoms with E-state index >= 15 is 0 Å². The molecule has 106 valence electrons. The van der Waals surface area contributed by atoms with Gasteiger partial charge in [0, 0.05) is 0 Å². The molecule has 3 rings (SSSR count). The maximum absolute atomic E-state index is 11.8. The lowest BCUT2D eigenvalue weighted by molar-refractivity contribution is 0.0697. The zero-order valence-electron chi connectivity index (χ0n) is 10.6. The van der Waals surface area contributed by atoms with Crippen LogP contribution in [0.25, 0.3) is 11.0 Å². The molecule has 0 amide bonds. The molecule has 1 atom stereocenters. The van der Waals surface area contributed by atoms with Crippen molar-refractivity contribution in [3.05, 3.63) is 23.8 Å². The molecule has 1 saturated heterocycles. The number of rotatable bonds is 3. The van der Waals surface area contributed by atoms with Crippen molar-refractivity contribution in [2.45, 2.75) is 24.6 Å². The predicted octanol–water partition coefficient (Wildman–Crippen LogP) is 0.707. The highest BCUT2D eigenvalue weighted by Crippen LogP contribution is 2.23. The van der Waals surface area contributed by atoms with Gasteiger partial charge in [0.15, 0.2) is 9.84 Å². The maximum Gasteiger partial charge on any atom is 0.335 e. The first-order chi connectivity index (χ1) is 9.47. The third-order valence-corrected chi connectivity index (χ3v) is 5.86. The van der Waals surface area contributed by atoms with Gasteiger partial charge in [-0.25, -0.2) is 17.9 Å². The van der Waals surface area contributed by atoms with Crippen LogP contribution in [0.3, 0.4) is 0 Å². The number of carbonyl (C=O) groups is 1. The molecule has 1 unspecified atom stereocenters. The summed E-state index contributed by atoms with van der Waals surface area (Å²) < 4.78 is 25.2. The SMILES string of the molecule is O=C(O)c1ccc2c(c1)nnn2CC1CCCS1(=O)=O. The fourth-order valence-corrected chi connectivity index (χ4v) is 4.29. The average Bonchev–Trinajstić information content (AvgIpc) is 2.94. The van der Waals surface area contributed by atoms with E-state index < -0.39 is 21.1 Å². The Balaban J connectivity index is 1.95. The maximum atomic E-state index is 11.8. The van der Waals surface area contributed by atoms with Crippen LogP contribution in [0, 0.1) is 0 Å². The molecule has 0 bridgehead atoms. The molecular formula is C12H13N3O4S. The molecule has 2 heterocycles. The summed E-state index contributed by atoms with van der Waals surface area (Å²) in [6.45, 7) is 0.269. The van der Waals surface area contributed by atoms with E-state index in [0.717, 1.165) is 0 Å². The minimum atomic E-state index is -3.04. The summed E-state index contributed by atoms with van der Waals surface area (Å²) in [5.41, 5.74) is 1.25. The Hall–Kier alpha value is -1.96. The van der Waals surface area contributed by atoms with Crippen LogP contribution in [-0.4, -0.2) is 45.5 Å². The molecule has 1 aliphatic rings. The lowest BCUT2D eigenvalue weighted by atomic mass is 10.2. The van der Waals surface area contributed by atoms with Crippen LogP contribution in [0.1, 0.15) is 23.2 Å². The van der Waals surface area contributed by atoms with E-state index in [4.69, 9.17) is 5.11 Å². The molecule has 1 aliphatic heterocycles. The molecule has 1 aromatic heterocycles. The van der Waals surface area contributed by atoms with Crippen molar-refractivity contribution in [2.24, 2.45) is 0 Å². The van der Waals surface area contributed by atoms with Crippen LogP contribution in [0.5, 0.6) is 0 Å². The average molecular weight is 295 g/mol. The highest BCUT2D eigenvalue weighted by Gasteiger charge is 2.32. The van der Waals surface area contributed by atoms with Gasteiger partial charge in [0.05, 0.1) is 28.6 Å². The zero-order chi connectivity index (χ0) is 14.3. The minimum Gasteiger partial charge on any atom is -0.478 e. The molecular weight excluding hydrogens is 282 g/mol. The number of benzene rings is 1. The van der Waals surface area contributed by atoms with Crippen molar-refractivity contribution in [1.82, 2.24) is 15.0 Å². The van der Waals surface area contributed by atoms with Crippen molar-refractivity contribution in [3.63, 3.8) is 0 Å². The first-order valence-electron chi connectivity index (χ1n) is 6.25. The third kappa shape index (κ3) is 2.15. The van der Waals surface area contributed by atoms with Crippen LogP contribution < -0.4 is 0 Å². The van der Waals surface area contributed by atoms with Crippen LogP contribution in [0.4, 0.5) is 0 Å². The predicted molar refractivity (Wildman–Crippen MR) is 71.3 cm³/mol. The lowest BCUT2D eigenvalue weighted by Crippen LogP contribution is -2.22. The summed E-state index contributed by atoms with van der Waals surface area (Å²) >= 11 is 0. The van der Waals surface area contributed by atoms with Gasteiger partial charge < -0.3 is 5.11 Å². The molecule has 2 aromatic rings. The number of carboxylic acids is 1. The van der Waals surface area contributed by atoms with E-state index in [9.17, 15) is 13.2 Å². The second kappa shape index (κ2) is 4.55. The molecule has 0 saturated carbocycles. The number of fused-ring (bicyclic) bond motifs is 1. The molecule has 0 radical (unpaired) electrons. The summed E-state index contributed by atoms with van der Waals surface area (Å²) in [6, 6.07) is 4.51. The second-order valence-corrected chi connectivity index (χ2v) is 7.31. The van der Waals surface area contributed by atoms with Gasteiger partial charge in [-0.2, -0.15) is 0 Å². The van der Waals surface area contributed by atoms with Gasteiger partial charge in [0.1, 0.15) is 5.52 Å². The fraction of sp³-hybridized carbons (Fsp3) is 0.417. The highest BCUT2D eigenvalue weighted by molar-refractivity contribution is 7.92. The zero-order valence-corrected chi connectivity index (χ0v) is 11.4. The molecule has 8 heteroatoms. The molecule has 20 heavy (non-hydrogen) atoms. The normalized spacial score (nSPS) is 21.3. The van der Waals surface area contributed by atoms with E-state index in [1.54, 1.807) is 6.07 Å². The number of nitrogens with zero attached hydrogens (tertiary/aromatic N) is 3. The fourth-order valence-electron chi connectivity index (χ4n) is 2.50. The number of aromatic carboxylic acids is 1. The molecule has 1 N–H and O–H groups in total.